The molecule has 0 radical (unpaired) electrons. The molecule has 0 bridgehead atoms. The van der Waals surface area contributed by atoms with Crippen LogP contribution in [0.1, 0.15) is 81.3 Å². The number of methoxy groups -OCH3 is 2. The number of piperazine rings is 2. The van der Waals surface area contributed by atoms with E-state index in [1.54, 1.807) is 54.2 Å². The number of hydrogen-bond acceptors (Lipinski definition) is 11. The van der Waals surface area contributed by atoms with Gasteiger partial charge < -0.3 is 33.6 Å². The number of amides is 1. The van der Waals surface area contributed by atoms with E-state index in [2.05, 4.69) is 20.2 Å². The fraction of sp³-hybridized carbons (Fsp3) is 0.488. The molecule has 308 valence electrons. The van der Waals surface area contributed by atoms with E-state index in [0.717, 1.165) is 43.0 Å². The lowest BCUT2D eigenvalue weighted by Gasteiger charge is -2.38. The summed E-state index contributed by atoms with van der Waals surface area (Å²) in [5.74, 6) is -1.27. The molecule has 2 aromatic carbocycles. The lowest BCUT2D eigenvalue weighted by molar-refractivity contribution is -0.149. The van der Waals surface area contributed by atoms with Crippen molar-refractivity contribution in [2.24, 2.45) is 0 Å². The first kappa shape index (κ1) is 42.9. The summed E-state index contributed by atoms with van der Waals surface area (Å²) in [5, 5.41) is 3.29. The molecular formula is C41H54F2N8O6. The summed E-state index contributed by atoms with van der Waals surface area (Å²) in [6.07, 6.45) is 6.38. The molecule has 57 heavy (non-hydrogen) atoms. The number of carbonyl (C=O) groups excluding carboxylic acids is 3. The van der Waals surface area contributed by atoms with Gasteiger partial charge in [0.15, 0.2) is 12.1 Å². The molecule has 2 aliphatic heterocycles. The normalized spacial score (nSPS) is 17.4. The Labute approximate surface area is 332 Å². The van der Waals surface area contributed by atoms with Gasteiger partial charge in [0.1, 0.15) is 17.2 Å². The second-order valence-corrected chi connectivity index (χ2v) is 15.0. The standard InChI is InChI=1S/C23H31FN4O4.C18H23FN4O2/c1-16(17-6-8-18(24)9-7-17)28-15-25-14-19(28)20(21(29)31-5)26-10-12-27(13-11-26)22(30)32-23(2,3)4;1-13(14-3-5-15(19)6-4-14)23-12-21-11-16(23)17(18(24)25-2)22-9-7-20-8-10-22/h6-9,14-16,20H,10-13H2,1-5H3;3-6,11-13,17,20H,7-10H2,1-2H3/t16-,20?;13-,17?/m11/s1. The Hall–Kier alpha value is -5.19. The molecule has 2 unspecified atom stereocenters. The number of benzene rings is 2. The summed E-state index contributed by atoms with van der Waals surface area (Å²) >= 11 is 0. The van der Waals surface area contributed by atoms with E-state index in [-0.39, 0.29) is 35.8 Å². The highest BCUT2D eigenvalue weighted by atomic mass is 19.1. The van der Waals surface area contributed by atoms with Crippen LogP contribution < -0.4 is 5.32 Å². The fourth-order valence-electron chi connectivity index (χ4n) is 7.07. The van der Waals surface area contributed by atoms with E-state index in [1.807, 2.05) is 48.7 Å². The molecule has 4 atom stereocenters. The molecule has 0 spiro atoms. The number of carbonyl (C=O) groups is 3. The van der Waals surface area contributed by atoms with Crippen LogP contribution in [0.15, 0.2) is 73.6 Å². The van der Waals surface area contributed by atoms with Gasteiger partial charge in [-0.1, -0.05) is 24.3 Å². The molecule has 4 heterocycles. The second-order valence-electron chi connectivity index (χ2n) is 15.0. The minimum Gasteiger partial charge on any atom is -0.468 e. The fourth-order valence-corrected chi connectivity index (χ4v) is 7.07. The highest BCUT2D eigenvalue weighted by Crippen LogP contribution is 2.30. The van der Waals surface area contributed by atoms with Gasteiger partial charge in [0, 0.05) is 52.4 Å². The summed E-state index contributed by atoms with van der Waals surface area (Å²) in [6.45, 7) is 14.5. The van der Waals surface area contributed by atoms with Crippen LogP contribution in [0.25, 0.3) is 0 Å². The first-order valence-corrected chi connectivity index (χ1v) is 19.1. The molecule has 2 aliphatic rings. The highest BCUT2D eigenvalue weighted by molar-refractivity contribution is 5.77. The van der Waals surface area contributed by atoms with Gasteiger partial charge in [0.25, 0.3) is 0 Å². The van der Waals surface area contributed by atoms with Crippen molar-refractivity contribution >= 4 is 18.0 Å². The van der Waals surface area contributed by atoms with Crippen LogP contribution in [-0.4, -0.2) is 124 Å². The Morgan fingerprint density at radius 3 is 1.46 bits per heavy atom. The van der Waals surface area contributed by atoms with Gasteiger partial charge in [-0.25, -0.2) is 33.1 Å². The number of ether oxygens (including phenoxy) is 3. The lowest BCUT2D eigenvalue weighted by atomic mass is 10.1. The number of imidazole rings is 2. The number of esters is 2. The molecule has 1 N–H and O–H groups in total. The molecule has 2 saturated heterocycles. The number of hydrogen-bond donors (Lipinski definition) is 1. The maximum Gasteiger partial charge on any atom is 0.410 e. The van der Waals surface area contributed by atoms with Crippen molar-refractivity contribution in [1.82, 2.24) is 39.1 Å². The Morgan fingerprint density at radius 1 is 0.667 bits per heavy atom. The molecule has 2 fully saturated rings. The average molecular weight is 793 g/mol. The van der Waals surface area contributed by atoms with Gasteiger partial charge in [-0.3, -0.25) is 9.80 Å². The molecule has 16 heteroatoms. The second kappa shape index (κ2) is 19.3. The number of halogens is 2. The van der Waals surface area contributed by atoms with Gasteiger partial charge in [0.05, 0.1) is 62.7 Å². The zero-order valence-corrected chi connectivity index (χ0v) is 33.7. The van der Waals surface area contributed by atoms with Crippen LogP contribution in [0, 0.1) is 11.6 Å². The van der Waals surface area contributed by atoms with E-state index < -0.39 is 23.7 Å². The van der Waals surface area contributed by atoms with Crippen LogP contribution >= 0.6 is 0 Å². The third-order valence-electron chi connectivity index (χ3n) is 10.2. The predicted octanol–water partition coefficient (Wildman–Crippen LogP) is 5.15. The van der Waals surface area contributed by atoms with Crippen LogP contribution in [0.4, 0.5) is 13.6 Å². The molecule has 2 aromatic heterocycles. The Morgan fingerprint density at radius 2 is 1.07 bits per heavy atom. The number of nitrogens with one attached hydrogen (secondary N) is 1. The van der Waals surface area contributed by atoms with E-state index >= 15 is 0 Å². The Kier molecular flexibility index (Phi) is 14.5. The minimum atomic E-state index is -0.675. The third-order valence-corrected chi connectivity index (χ3v) is 10.2. The van der Waals surface area contributed by atoms with Crippen molar-refractivity contribution in [2.75, 3.05) is 66.6 Å². The van der Waals surface area contributed by atoms with Gasteiger partial charge in [-0.05, 0) is 70.0 Å². The number of aromatic nitrogens is 4. The average Bonchev–Trinajstić information content (AvgIpc) is 3.89. The van der Waals surface area contributed by atoms with Gasteiger partial charge >= 0.3 is 18.0 Å². The molecular weight excluding hydrogens is 738 g/mol. The summed E-state index contributed by atoms with van der Waals surface area (Å²) in [5.41, 5.74) is 2.74. The van der Waals surface area contributed by atoms with Crippen molar-refractivity contribution < 1.29 is 37.4 Å². The first-order chi connectivity index (χ1) is 27.2. The van der Waals surface area contributed by atoms with Gasteiger partial charge in [0.2, 0.25) is 0 Å². The maximum atomic E-state index is 13.3. The first-order valence-electron chi connectivity index (χ1n) is 19.1. The topological polar surface area (TPSA) is 136 Å². The quantitative estimate of drug-likeness (QED) is 0.169. The molecule has 1 amide bonds. The number of rotatable bonds is 10. The van der Waals surface area contributed by atoms with Crippen LogP contribution in [0.5, 0.6) is 0 Å². The molecule has 6 rings (SSSR count). The smallest absolute Gasteiger partial charge is 0.410 e. The van der Waals surface area contributed by atoms with Crippen LogP contribution in [0.2, 0.25) is 0 Å². The monoisotopic (exact) mass is 792 g/mol. The lowest BCUT2D eigenvalue weighted by Crippen LogP contribution is -2.52. The Bertz CT molecular complexity index is 1920. The summed E-state index contributed by atoms with van der Waals surface area (Å²) in [4.78, 5) is 52.0. The summed E-state index contributed by atoms with van der Waals surface area (Å²) in [7, 11) is 2.76. The largest absolute Gasteiger partial charge is 0.468 e. The Balaban J connectivity index is 0.000000224. The highest BCUT2D eigenvalue weighted by Gasteiger charge is 2.36. The van der Waals surface area contributed by atoms with E-state index in [9.17, 15) is 23.2 Å². The summed E-state index contributed by atoms with van der Waals surface area (Å²) < 4.78 is 46.0. The van der Waals surface area contributed by atoms with Gasteiger partial charge in [-0.2, -0.15) is 0 Å². The third kappa shape index (κ3) is 10.8. The SMILES string of the molecule is COC(=O)C(c1cncn1[C@H](C)c1ccc(F)cc1)N1CCN(C(=O)OC(C)(C)C)CC1.COC(=O)C(c1cncn1[C@H](C)c1ccc(F)cc1)N1CCNCC1. The van der Waals surface area contributed by atoms with Crippen LogP contribution in [0.3, 0.4) is 0 Å². The van der Waals surface area contributed by atoms with Crippen molar-refractivity contribution in [2.45, 2.75) is 64.4 Å². The zero-order chi connectivity index (χ0) is 41.3. The molecule has 4 aromatic rings. The van der Waals surface area contributed by atoms with Crippen molar-refractivity contribution in [1.29, 1.82) is 0 Å². The van der Waals surface area contributed by atoms with Gasteiger partial charge in [-0.15, -0.1) is 0 Å². The molecule has 14 nitrogen and oxygen atoms in total. The molecule has 0 saturated carbocycles. The van der Waals surface area contributed by atoms with E-state index in [1.165, 1.54) is 38.5 Å². The minimum absolute atomic E-state index is 0.0758. The van der Waals surface area contributed by atoms with E-state index in [0.29, 0.717) is 31.9 Å². The van der Waals surface area contributed by atoms with Crippen molar-refractivity contribution in [3.63, 3.8) is 0 Å². The summed E-state index contributed by atoms with van der Waals surface area (Å²) in [6, 6.07) is 11.2. The molecule has 0 aliphatic carbocycles. The van der Waals surface area contributed by atoms with Crippen molar-refractivity contribution in [3.05, 3.63) is 108 Å². The van der Waals surface area contributed by atoms with Crippen molar-refractivity contribution in [3.8, 4) is 0 Å². The maximum absolute atomic E-state index is 13.3. The predicted molar refractivity (Wildman–Crippen MR) is 208 cm³/mol. The number of nitrogens with zero attached hydrogens (tertiary/aromatic N) is 7. The van der Waals surface area contributed by atoms with E-state index in [4.69, 9.17) is 14.2 Å². The van der Waals surface area contributed by atoms with Crippen LogP contribution in [-0.2, 0) is 23.8 Å². The zero-order valence-electron chi connectivity index (χ0n) is 33.7.